The van der Waals surface area contributed by atoms with Crippen LogP contribution < -0.4 is 11.1 Å². The molecule has 3 nitrogen and oxygen atoms in total. The average molecular weight is 373 g/mol. The zero-order valence-electron chi connectivity index (χ0n) is 13.2. The molecule has 4 heteroatoms. The molecule has 120 valence electrons. The van der Waals surface area contributed by atoms with Crippen LogP contribution in [0.3, 0.4) is 0 Å². The van der Waals surface area contributed by atoms with Crippen LogP contribution in [0.2, 0.25) is 0 Å². The van der Waals surface area contributed by atoms with Crippen LogP contribution in [0.4, 0.5) is 0 Å². The Hall–Kier alpha value is -1.65. The number of amides is 1. The highest BCUT2D eigenvalue weighted by Crippen LogP contribution is 2.48. The fourth-order valence-corrected chi connectivity index (χ4v) is 3.23. The summed E-state index contributed by atoms with van der Waals surface area (Å²) < 4.78 is 1.07. The molecule has 23 heavy (non-hydrogen) atoms. The molecule has 0 radical (unpaired) electrons. The first-order valence-corrected chi connectivity index (χ1v) is 8.65. The Morgan fingerprint density at radius 3 is 2.57 bits per heavy atom. The molecule has 1 saturated carbocycles. The zero-order chi connectivity index (χ0) is 16.4. The van der Waals surface area contributed by atoms with Crippen molar-refractivity contribution >= 4 is 21.8 Å². The van der Waals surface area contributed by atoms with Gasteiger partial charge in [-0.15, -0.1) is 0 Å². The Morgan fingerprint density at radius 2 is 1.96 bits per heavy atom. The molecule has 0 heterocycles. The molecular weight excluding hydrogens is 352 g/mol. The molecule has 1 amide bonds. The van der Waals surface area contributed by atoms with Crippen molar-refractivity contribution in [1.82, 2.24) is 5.32 Å². The van der Waals surface area contributed by atoms with Gasteiger partial charge in [-0.25, -0.2) is 0 Å². The first-order valence-electron chi connectivity index (χ1n) is 7.86. The van der Waals surface area contributed by atoms with E-state index in [0.717, 1.165) is 28.4 Å². The molecule has 1 unspecified atom stereocenters. The van der Waals surface area contributed by atoms with Crippen LogP contribution in [0.15, 0.2) is 53.0 Å². The third-order valence-corrected chi connectivity index (χ3v) is 5.10. The van der Waals surface area contributed by atoms with Crippen LogP contribution in [0, 0.1) is 6.92 Å². The molecule has 1 aliphatic carbocycles. The number of hydrogen-bond acceptors (Lipinski definition) is 2. The Labute approximate surface area is 145 Å². The van der Waals surface area contributed by atoms with E-state index in [4.69, 9.17) is 5.73 Å². The molecule has 3 N–H and O–H groups in total. The van der Waals surface area contributed by atoms with Gasteiger partial charge in [0.05, 0.1) is 0 Å². The van der Waals surface area contributed by atoms with Crippen molar-refractivity contribution in [2.24, 2.45) is 5.73 Å². The summed E-state index contributed by atoms with van der Waals surface area (Å²) in [7, 11) is 0. The van der Waals surface area contributed by atoms with Crippen molar-refractivity contribution in [3.05, 3.63) is 69.7 Å². The van der Waals surface area contributed by atoms with Crippen molar-refractivity contribution in [2.45, 2.75) is 31.2 Å². The Bertz CT molecular complexity index is 708. The summed E-state index contributed by atoms with van der Waals surface area (Å²) in [6.45, 7) is 2.66. The zero-order valence-corrected chi connectivity index (χ0v) is 14.8. The Kier molecular flexibility index (Phi) is 4.55. The summed E-state index contributed by atoms with van der Waals surface area (Å²) in [4.78, 5) is 12.4. The number of nitrogens with one attached hydrogen (secondary N) is 1. The van der Waals surface area contributed by atoms with Crippen LogP contribution in [0.25, 0.3) is 0 Å². The number of carbonyl (C=O) groups excluding carboxylic acids is 1. The molecule has 3 rings (SSSR count). The minimum absolute atomic E-state index is 0.0758. The van der Waals surface area contributed by atoms with E-state index >= 15 is 0 Å². The molecule has 0 saturated heterocycles. The summed E-state index contributed by atoms with van der Waals surface area (Å²) in [6, 6.07) is 15.5. The van der Waals surface area contributed by atoms with Crippen LogP contribution in [-0.4, -0.2) is 12.5 Å². The Balaban J connectivity index is 1.64. The minimum atomic E-state index is -0.617. The number of carbonyl (C=O) groups is 1. The van der Waals surface area contributed by atoms with Crippen molar-refractivity contribution in [2.75, 3.05) is 6.54 Å². The highest BCUT2D eigenvalue weighted by Gasteiger charge is 2.44. The second-order valence-electron chi connectivity index (χ2n) is 6.40. The number of aryl methyl sites for hydroxylation is 1. The van der Waals surface area contributed by atoms with Gasteiger partial charge in [-0.3, -0.25) is 4.79 Å². The topological polar surface area (TPSA) is 55.1 Å². The summed E-state index contributed by atoms with van der Waals surface area (Å²) in [5, 5.41) is 3.04. The lowest BCUT2D eigenvalue weighted by Crippen LogP contribution is -2.38. The van der Waals surface area contributed by atoms with E-state index in [1.807, 2.05) is 43.3 Å². The molecule has 0 spiro atoms. The second kappa shape index (κ2) is 6.46. The third kappa shape index (κ3) is 3.65. The van der Waals surface area contributed by atoms with E-state index in [9.17, 15) is 4.79 Å². The van der Waals surface area contributed by atoms with E-state index < -0.39 is 6.04 Å². The summed E-state index contributed by atoms with van der Waals surface area (Å²) in [5.41, 5.74) is 9.44. The quantitative estimate of drug-likeness (QED) is 0.842. The van der Waals surface area contributed by atoms with Crippen molar-refractivity contribution in [3.8, 4) is 0 Å². The van der Waals surface area contributed by atoms with Crippen LogP contribution in [0.1, 0.15) is 35.6 Å². The van der Waals surface area contributed by atoms with Gasteiger partial charge >= 0.3 is 0 Å². The van der Waals surface area contributed by atoms with Crippen LogP contribution >= 0.6 is 15.9 Å². The molecule has 0 bridgehead atoms. The van der Waals surface area contributed by atoms with Gasteiger partial charge in [-0.1, -0.05) is 57.9 Å². The first kappa shape index (κ1) is 16.2. The molecule has 1 atom stereocenters. The number of benzene rings is 2. The SMILES string of the molecule is Cc1ccc(C(N)C(=O)NCC2(c3cccc(Br)c3)CC2)cc1. The van der Waals surface area contributed by atoms with Gasteiger partial charge in [0.25, 0.3) is 0 Å². The average Bonchev–Trinajstić information content (AvgIpc) is 3.34. The van der Waals surface area contributed by atoms with Crippen molar-refractivity contribution in [1.29, 1.82) is 0 Å². The van der Waals surface area contributed by atoms with Crippen LogP contribution in [0.5, 0.6) is 0 Å². The van der Waals surface area contributed by atoms with E-state index in [-0.39, 0.29) is 11.3 Å². The molecule has 0 aliphatic heterocycles. The maximum Gasteiger partial charge on any atom is 0.241 e. The van der Waals surface area contributed by atoms with Crippen molar-refractivity contribution < 1.29 is 4.79 Å². The molecular formula is C19H21BrN2O. The summed E-state index contributed by atoms with van der Waals surface area (Å²) >= 11 is 3.51. The van der Waals surface area contributed by atoms with Gasteiger partial charge in [0.1, 0.15) is 6.04 Å². The lowest BCUT2D eigenvalue weighted by atomic mass is 9.95. The summed E-state index contributed by atoms with van der Waals surface area (Å²) in [6.07, 6.45) is 2.20. The van der Waals surface area contributed by atoms with Gasteiger partial charge in [0.15, 0.2) is 0 Å². The number of halogens is 1. The first-order chi connectivity index (χ1) is 11.0. The number of nitrogens with two attached hydrogens (primary N) is 1. The molecule has 0 aromatic heterocycles. The summed E-state index contributed by atoms with van der Waals surface area (Å²) in [5.74, 6) is -0.116. The fraction of sp³-hybridized carbons (Fsp3) is 0.316. The predicted octanol–water partition coefficient (Wildman–Crippen LogP) is 3.61. The van der Waals surface area contributed by atoms with E-state index in [1.165, 1.54) is 5.56 Å². The van der Waals surface area contributed by atoms with Crippen molar-refractivity contribution in [3.63, 3.8) is 0 Å². The molecule has 1 aliphatic rings. The van der Waals surface area contributed by atoms with E-state index in [2.05, 4.69) is 33.4 Å². The fourth-order valence-electron chi connectivity index (χ4n) is 2.83. The van der Waals surface area contributed by atoms with Gasteiger partial charge in [-0.2, -0.15) is 0 Å². The Morgan fingerprint density at radius 1 is 1.26 bits per heavy atom. The number of hydrogen-bond donors (Lipinski definition) is 2. The highest BCUT2D eigenvalue weighted by atomic mass is 79.9. The predicted molar refractivity (Wildman–Crippen MR) is 96.2 cm³/mol. The maximum atomic E-state index is 12.4. The standard InChI is InChI=1S/C19H21BrN2O/c1-13-5-7-14(8-6-13)17(21)18(23)22-12-19(9-10-19)15-3-2-4-16(20)11-15/h2-8,11,17H,9-10,12,21H2,1H3,(H,22,23). The van der Waals surface area contributed by atoms with Crippen LogP contribution in [-0.2, 0) is 10.2 Å². The monoisotopic (exact) mass is 372 g/mol. The van der Waals surface area contributed by atoms with E-state index in [0.29, 0.717) is 6.54 Å². The number of rotatable bonds is 5. The van der Waals surface area contributed by atoms with E-state index in [1.54, 1.807) is 0 Å². The third-order valence-electron chi connectivity index (χ3n) is 4.61. The van der Waals surface area contributed by atoms with Gasteiger partial charge in [0, 0.05) is 16.4 Å². The molecule has 2 aromatic rings. The highest BCUT2D eigenvalue weighted by molar-refractivity contribution is 9.10. The maximum absolute atomic E-state index is 12.4. The van der Waals surface area contributed by atoms with Gasteiger partial charge in [-0.05, 0) is 43.0 Å². The largest absolute Gasteiger partial charge is 0.354 e. The van der Waals surface area contributed by atoms with Gasteiger partial charge < -0.3 is 11.1 Å². The lowest BCUT2D eigenvalue weighted by Gasteiger charge is -2.19. The smallest absolute Gasteiger partial charge is 0.241 e. The second-order valence-corrected chi connectivity index (χ2v) is 7.31. The molecule has 2 aromatic carbocycles. The molecule has 1 fully saturated rings. The lowest BCUT2D eigenvalue weighted by molar-refractivity contribution is -0.122. The normalized spacial score (nSPS) is 16.7. The minimum Gasteiger partial charge on any atom is -0.354 e. The van der Waals surface area contributed by atoms with Gasteiger partial charge in [0.2, 0.25) is 5.91 Å².